The number of hydrogen-bond acceptors (Lipinski definition) is 10. The average molecular weight is 547 g/mol. The van der Waals surface area contributed by atoms with Gasteiger partial charge < -0.3 is 15.0 Å². The summed E-state index contributed by atoms with van der Waals surface area (Å²) in [4.78, 5) is 24.9. The summed E-state index contributed by atoms with van der Waals surface area (Å²) in [5.74, 6) is -0.240. The van der Waals surface area contributed by atoms with Gasteiger partial charge in [-0.1, -0.05) is 0 Å². The summed E-state index contributed by atoms with van der Waals surface area (Å²) < 4.78 is 70.2. The fourth-order valence-corrected chi connectivity index (χ4v) is 5.15. The van der Waals surface area contributed by atoms with Gasteiger partial charge in [0.25, 0.3) is 0 Å². The lowest BCUT2D eigenvalue weighted by Crippen LogP contribution is -2.31. The minimum Gasteiger partial charge on any atom is -0.390 e. The number of carbonyl (C=O) groups excluding carboxylic acids is 1. The molecule has 0 bridgehead atoms. The van der Waals surface area contributed by atoms with Crippen LogP contribution in [0.1, 0.15) is 38.6 Å². The van der Waals surface area contributed by atoms with Gasteiger partial charge in [-0.3, -0.25) is 8.98 Å². The van der Waals surface area contributed by atoms with Crippen molar-refractivity contribution in [1.29, 1.82) is 0 Å². The molecule has 36 heavy (non-hydrogen) atoms. The predicted octanol–water partition coefficient (Wildman–Crippen LogP) is 1.82. The molecular weight excluding hydrogens is 525 g/mol. The van der Waals surface area contributed by atoms with E-state index in [0.29, 0.717) is 16.2 Å². The van der Waals surface area contributed by atoms with Gasteiger partial charge in [0.2, 0.25) is 0 Å². The van der Waals surface area contributed by atoms with E-state index in [1.165, 1.54) is 31.8 Å². The molecule has 3 atom stereocenters. The van der Waals surface area contributed by atoms with E-state index < -0.39 is 45.5 Å². The Morgan fingerprint density at radius 2 is 2.08 bits per heavy atom. The molecule has 3 aromatic heterocycles. The molecule has 4 rings (SSSR count). The Hall–Kier alpha value is -2.92. The molecule has 0 saturated heterocycles. The summed E-state index contributed by atoms with van der Waals surface area (Å²) in [6.07, 6.45) is 0.529. The minimum absolute atomic E-state index is 0.105. The summed E-state index contributed by atoms with van der Waals surface area (Å²) in [5, 5.41) is 12.3. The van der Waals surface area contributed by atoms with E-state index in [9.17, 15) is 31.5 Å². The number of carbonyl (C=O) groups is 1. The van der Waals surface area contributed by atoms with Crippen molar-refractivity contribution in [2.45, 2.75) is 43.8 Å². The van der Waals surface area contributed by atoms with Gasteiger partial charge in [-0.25, -0.2) is 15.0 Å². The van der Waals surface area contributed by atoms with Crippen molar-refractivity contribution in [3.63, 3.8) is 0 Å². The van der Waals surface area contributed by atoms with Crippen molar-refractivity contribution in [1.82, 2.24) is 24.2 Å². The zero-order chi connectivity index (χ0) is 26.1. The topological polar surface area (TPSA) is 148 Å². The van der Waals surface area contributed by atoms with E-state index in [1.807, 2.05) is 4.72 Å². The monoisotopic (exact) mass is 546 g/mol. The number of ketones is 1. The highest BCUT2D eigenvalue weighted by atomic mass is 32.2. The van der Waals surface area contributed by atoms with Crippen molar-refractivity contribution in [3.8, 4) is 0 Å². The minimum atomic E-state index is -4.51. The van der Waals surface area contributed by atoms with Crippen LogP contribution in [0, 0.1) is 0 Å². The number of rotatable bonds is 9. The standard InChI is InChI=1S/C20H21F3N6O5S2/c1-24-36(32,33)34-16-5-12(4-15(16)30)28-18-14(7-25-10-27-18)17(31)11-2-3-29(8-11)9-13-6-26-19(35-13)20(21,22)23/h2-3,6-8,10,12,15-16,24,30H,4-5,9H2,1H3,(H,25,27,28)/t12-,15+,16-/m1/s1. The average Bonchev–Trinajstić information content (AvgIpc) is 3.55. The van der Waals surface area contributed by atoms with Crippen LogP contribution in [0.5, 0.6) is 0 Å². The maximum absolute atomic E-state index is 13.1. The van der Waals surface area contributed by atoms with Gasteiger partial charge in [-0.05, 0) is 18.9 Å². The number of aliphatic hydroxyl groups excluding tert-OH is 1. The molecule has 0 aliphatic heterocycles. The number of anilines is 1. The summed E-state index contributed by atoms with van der Waals surface area (Å²) in [7, 11) is -2.80. The second-order valence-corrected chi connectivity index (χ2v) is 10.6. The van der Waals surface area contributed by atoms with Crippen molar-refractivity contribution in [2.24, 2.45) is 0 Å². The Labute approximate surface area is 207 Å². The van der Waals surface area contributed by atoms with Crippen LogP contribution in [0.4, 0.5) is 19.0 Å². The Morgan fingerprint density at radius 1 is 1.31 bits per heavy atom. The maximum Gasteiger partial charge on any atom is 0.443 e. The van der Waals surface area contributed by atoms with E-state index in [4.69, 9.17) is 4.18 Å². The number of thiazole rings is 1. The van der Waals surface area contributed by atoms with Crippen LogP contribution in [0.25, 0.3) is 0 Å². The molecule has 0 aromatic carbocycles. The quantitative estimate of drug-likeness (QED) is 0.342. The first kappa shape index (κ1) is 26.2. The van der Waals surface area contributed by atoms with Crippen LogP contribution in [0.3, 0.4) is 0 Å². The van der Waals surface area contributed by atoms with Gasteiger partial charge >= 0.3 is 16.5 Å². The first-order valence-corrected chi connectivity index (χ1v) is 12.8. The fourth-order valence-electron chi connectivity index (χ4n) is 3.73. The highest BCUT2D eigenvalue weighted by Crippen LogP contribution is 2.33. The lowest BCUT2D eigenvalue weighted by Gasteiger charge is -2.15. The Kier molecular flexibility index (Phi) is 7.42. The highest BCUT2D eigenvalue weighted by Gasteiger charge is 2.37. The number of alkyl halides is 3. The van der Waals surface area contributed by atoms with Crippen LogP contribution >= 0.6 is 11.3 Å². The molecule has 194 valence electrons. The van der Waals surface area contributed by atoms with E-state index >= 15 is 0 Å². The second kappa shape index (κ2) is 10.2. The number of hydrogen-bond donors (Lipinski definition) is 3. The third-order valence-electron chi connectivity index (χ3n) is 5.42. The number of aliphatic hydroxyl groups is 1. The molecule has 1 aliphatic carbocycles. The summed E-state index contributed by atoms with van der Waals surface area (Å²) >= 11 is 0.530. The summed E-state index contributed by atoms with van der Waals surface area (Å²) in [5.41, 5.74) is 0.398. The van der Waals surface area contributed by atoms with Crippen LogP contribution in [0.2, 0.25) is 0 Å². The van der Waals surface area contributed by atoms with Crippen molar-refractivity contribution < 1.29 is 35.7 Å². The zero-order valence-electron chi connectivity index (χ0n) is 18.6. The largest absolute Gasteiger partial charge is 0.443 e. The van der Waals surface area contributed by atoms with Crippen LogP contribution in [-0.4, -0.2) is 64.1 Å². The van der Waals surface area contributed by atoms with Crippen molar-refractivity contribution in [2.75, 3.05) is 12.4 Å². The Morgan fingerprint density at radius 3 is 2.78 bits per heavy atom. The SMILES string of the molecule is CNS(=O)(=O)O[C@@H]1C[C@H](Nc2ncncc2C(=O)c2ccn(Cc3cnc(C(F)(F)F)s3)c2)C[C@@H]1O. The molecule has 1 saturated carbocycles. The van der Waals surface area contributed by atoms with Gasteiger partial charge in [0.15, 0.2) is 10.8 Å². The van der Waals surface area contributed by atoms with Gasteiger partial charge in [-0.15, -0.1) is 11.3 Å². The molecule has 0 unspecified atom stereocenters. The Balaban J connectivity index is 1.45. The predicted molar refractivity (Wildman–Crippen MR) is 122 cm³/mol. The normalized spacial score (nSPS) is 20.5. The number of nitrogens with zero attached hydrogens (tertiary/aromatic N) is 4. The highest BCUT2D eigenvalue weighted by molar-refractivity contribution is 7.84. The lowest BCUT2D eigenvalue weighted by atomic mass is 10.1. The van der Waals surface area contributed by atoms with Gasteiger partial charge in [0.1, 0.15) is 18.2 Å². The van der Waals surface area contributed by atoms with E-state index in [1.54, 1.807) is 10.8 Å². The smallest absolute Gasteiger partial charge is 0.390 e. The second-order valence-electron chi connectivity index (χ2n) is 7.99. The molecule has 16 heteroatoms. The van der Waals surface area contributed by atoms with Gasteiger partial charge in [-0.2, -0.15) is 26.3 Å². The molecule has 3 aromatic rings. The van der Waals surface area contributed by atoms with Crippen LogP contribution < -0.4 is 10.0 Å². The van der Waals surface area contributed by atoms with Crippen LogP contribution in [-0.2, 0) is 27.2 Å². The number of nitrogens with one attached hydrogen (secondary N) is 2. The summed E-state index contributed by atoms with van der Waals surface area (Å²) in [6.45, 7) is 0.105. The Bertz CT molecular complexity index is 1340. The van der Waals surface area contributed by atoms with Gasteiger partial charge in [0, 0.05) is 48.3 Å². The van der Waals surface area contributed by atoms with Crippen LogP contribution in [0.15, 0.2) is 37.2 Å². The fraction of sp³-hybridized carbons (Fsp3) is 0.400. The lowest BCUT2D eigenvalue weighted by molar-refractivity contribution is -0.137. The molecule has 3 heterocycles. The number of aromatic nitrogens is 4. The van der Waals surface area contributed by atoms with E-state index in [2.05, 4.69) is 20.3 Å². The van der Waals surface area contributed by atoms with E-state index in [-0.39, 0.29) is 36.3 Å². The maximum atomic E-state index is 13.1. The number of halogens is 3. The molecule has 0 amide bonds. The summed E-state index contributed by atoms with van der Waals surface area (Å²) in [6, 6.07) is 1.09. The molecule has 3 N–H and O–H groups in total. The zero-order valence-corrected chi connectivity index (χ0v) is 20.3. The van der Waals surface area contributed by atoms with Gasteiger partial charge in [0.05, 0.1) is 18.2 Å². The third kappa shape index (κ3) is 6.07. The third-order valence-corrected chi connectivity index (χ3v) is 7.44. The van der Waals surface area contributed by atoms with Crippen molar-refractivity contribution in [3.05, 3.63) is 58.2 Å². The molecular formula is C20H21F3N6O5S2. The molecule has 1 fully saturated rings. The molecule has 0 spiro atoms. The van der Waals surface area contributed by atoms with Crippen molar-refractivity contribution >= 4 is 33.2 Å². The first-order chi connectivity index (χ1) is 16.9. The van der Waals surface area contributed by atoms with E-state index in [0.717, 1.165) is 6.20 Å². The first-order valence-electron chi connectivity index (χ1n) is 10.5. The molecule has 0 radical (unpaired) electrons. The molecule has 11 nitrogen and oxygen atoms in total. The molecule has 1 aliphatic rings.